The van der Waals surface area contributed by atoms with E-state index in [-0.39, 0.29) is 24.4 Å². The Morgan fingerprint density at radius 2 is 2.10 bits per heavy atom. The summed E-state index contributed by atoms with van der Waals surface area (Å²) in [6.07, 6.45) is 4.09. The number of hydrogen-bond acceptors (Lipinski definition) is 3. The highest BCUT2D eigenvalue weighted by molar-refractivity contribution is 5.85. The summed E-state index contributed by atoms with van der Waals surface area (Å²) in [7, 11) is 1.97. The van der Waals surface area contributed by atoms with Gasteiger partial charge in [0, 0.05) is 19.1 Å². The lowest BCUT2D eigenvalue weighted by atomic mass is 10.1. The average molecular weight is 307 g/mol. The first-order valence-corrected chi connectivity index (χ1v) is 7.59. The van der Waals surface area contributed by atoms with Crippen molar-refractivity contribution in [2.24, 2.45) is 5.92 Å². The molecule has 1 saturated heterocycles. The van der Waals surface area contributed by atoms with Crippen molar-refractivity contribution in [2.45, 2.75) is 58.6 Å². The summed E-state index contributed by atoms with van der Waals surface area (Å²) >= 11 is 0. The van der Waals surface area contributed by atoms with Crippen LogP contribution in [-0.2, 0) is 9.53 Å². The van der Waals surface area contributed by atoms with E-state index in [2.05, 4.69) is 26.1 Å². The van der Waals surface area contributed by atoms with Gasteiger partial charge >= 0.3 is 0 Å². The zero-order valence-corrected chi connectivity index (χ0v) is 14.2. The number of nitrogens with one attached hydrogen (secondary N) is 1. The van der Waals surface area contributed by atoms with Gasteiger partial charge in [-0.1, -0.05) is 13.8 Å². The molecule has 1 rings (SSSR count). The number of carbonyl (C=O) groups excluding carboxylic acids is 1. The van der Waals surface area contributed by atoms with E-state index < -0.39 is 0 Å². The minimum Gasteiger partial charge on any atom is -0.378 e. The lowest BCUT2D eigenvalue weighted by Crippen LogP contribution is -2.47. The molecule has 0 spiro atoms. The van der Waals surface area contributed by atoms with Crippen LogP contribution in [0.3, 0.4) is 0 Å². The number of halogens is 1. The highest BCUT2D eigenvalue weighted by Crippen LogP contribution is 2.12. The van der Waals surface area contributed by atoms with Crippen LogP contribution < -0.4 is 5.32 Å². The summed E-state index contributed by atoms with van der Waals surface area (Å²) in [4.78, 5) is 14.1. The zero-order chi connectivity index (χ0) is 14.3. The highest BCUT2D eigenvalue weighted by Gasteiger charge is 2.22. The van der Waals surface area contributed by atoms with Gasteiger partial charge in [0.2, 0.25) is 5.91 Å². The second-order valence-electron chi connectivity index (χ2n) is 6.03. The molecule has 0 bridgehead atoms. The van der Waals surface area contributed by atoms with Crippen LogP contribution in [0.5, 0.6) is 0 Å². The number of rotatable bonds is 7. The van der Waals surface area contributed by atoms with E-state index in [4.69, 9.17) is 4.74 Å². The van der Waals surface area contributed by atoms with Crippen molar-refractivity contribution in [1.29, 1.82) is 0 Å². The third-order valence-electron chi connectivity index (χ3n) is 3.70. The Labute approximate surface area is 130 Å². The number of ether oxygens (including phenoxy) is 1. The maximum atomic E-state index is 12.1. The third kappa shape index (κ3) is 7.46. The molecule has 2 unspecified atom stereocenters. The molecule has 20 heavy (non-hydrogen) atoms. The van der Waals surface area contributed by atoms with Crippen LogP contribution in [-0.4, -0.2) is 49.7 Å². The predicted molar refractivity (Wildman–Crippen MR) is 85.4 cm³/mol. The molecule has 1 fully saturated rings. The first-order valence-electron chi connectivity index (χ1n) is 7.59. The molecule has 1 aliphatic heterocycles. The van der Waals surface area contributed by atoms with E-state index in [0.717, 1.165) is 25.9 Å². The van der Waals surface area contributed by atoms with Gasteiger partial charge in [0.15, 0.2) is 0 Å². The largest absolute Gasteiger partial charge is 0.378 e. The van der Waals surface area contributed by atoms with Gasteiger partial charge in [-0.25, -0.2) is 0 Å². The number of amides is 1. The van der Waals surface area contributed by atoms with Crippen molar-refractivity contribution in [3.05, 3.63) is 0 Å². The molecule has 1 aliphatic rings. The predicted octanol–water partition coefficient (Wildman–Crippen LogP) is 2.46. The Kier molecular flexibility index (Phi) is 10.2. The summed E-state index contributed by atoms with van der Waals surface area (Å²) in [5, 5.41) is 3.26. The van der Waals surface area contributed by atoms with Gasteiger partial charge in [-0.2, -0.15) is 0 Å². The fourth-order valence-electron chi connectivity index (χ4n) is 2.68. The molecule has 0 aromatic rings. The van der Waals surface area contributed by atoms with E-state index in [1.807, 2.05) is 11.9 Å². The summed E-state index contributed by atoms with van der Waals surface area (Å²) in [5.41, 5.74) is 0. The fraction of sp³-hybridized carbons (Fsp3) is 0.933. The maximum Gasteiger partial charge on any atom is 0.224 e. The van der Waals surface area contributed by atoms with Crippen molar-refractivity contribution >= 4 is 18.3 Å². The Morgan fingerprint density at radius 3 is 2.70 bits per heavy atom. The van der Waals surface area contributed by atoms with Gasteiger partial charge < -0.3 is 15.0 Å². The van der Waals surface area contributed by atoms with Crippen molar-refractivity contribution in [3.63, 3.8) is 0 Å². The average Bonchev–Trinajstić information content (AvgIpc) is 2.37. The summed E-state index contributed by atoms with van der Waals surface area (Å²) in [5.74, 6) is 0.876. The molecule has 2 atom stereocenters. The molecule has 0 aromatic carbocycles. The Bertz CT molecular complexity index is 275. The molecule has 0 radical (unpaired) electrons. The molecule has 1 heterocycles. The standard InChI is InChI=1S/C15H30N2O2.ClH/c1-12(2)10-13(3)19-9-7-15(18)17-8-5-6-14(11-17)16-4;/h12-14,16H,5-11H2,1-4H3;1H. The van der Waals surface area contributed by atoms with Crippen molar-refractivity contribution in [3.8, 4) is 0 Å². The smallest absolute Gasteiger partial charge is 0.224 e. The van der Waals surface area contributed by atoms with E-state index in [1.54, 1.807) is 0 Å². The van der Waals surface area contributed by atoms with Gasteiger partial charge in [0.05, 0.1) is 19.1 Å². The van der Waals surface area contributed by atoms with Gasteiger partial charge in [0.1, 0.15) is 0 Å². The van der Waals surface area contributed by atoms with Gasteiger partial charge in [-0.15, -0.1) is 12.4 Å². The number of likely N-dealkylation sites (tertiary alicyclic amines) is 1. The van der Waals surface area contributed by atoms with Crippen molar-refractivity contribution in [2.75, 3.05) is 26.7 Å². The summed E-state index contributed by atoms with van der Waals surface area (Å²) < 4.78 is 5.70. The van der Waals surface area contributed by atoms with E-state index in [0.29, 0.717) is 25.0 Å². The van der Waals surface area contributed by atoms with Gasteiger partial charge in [-0.05, 0) is 39.2 Å². The number of nitrogens with zero attached hydrogens (tertiary/aromatic N) is 1. The summed E-state index contributed by atoms with van der Waals surface area (Å²) in [6.45, 7) is 8.76. The molecule has 0 aliphatic carbocycles. The second kappa shape index (κ2) is 10.4. The number of piperidine rings is 1. The minimum atomic E-state index is 0. The third-order valence-corrected chi connectivity index (χ3v) is 3.70. The maximum absolute atomic E-state index is 12.1. The Hall–Kier alpha value is -0.320. The molecule has 5 heteroatoms. The summed E-state index contributed by atoms with van der Waals surface area (Å²) in [6, 6.07) is 0.457. The number of carbonyl (C=O) groups is 1. The molecule has 4 nitrogen and oxygen atoms in total. The fourth-order valence-corrected chi connectivity index (χ4v) is 2.68. The van der Waals surface area contributed by atoms with E-state index >= 15 is 0 Å². The van der Waals surface area contributed by atoms with Crippen molar-refractivity contribution < 1.29 is 9.53 Å². The topological polar surface area (TPSA) is 41.6 Å². The molecule has 1 amide bonds. The lowest BCUT2D eigenvalue weighted by molar-refractivity contribution is -0.134. The molecule has 0 aromatic heterocycles. The van der Waals surface area contributed by atoms with Crippen molar-refractivity contribution in [1.82, 2.24) is 10.2 Å². The molecular formula is C15H31ClN2O2. The zero-order valence-electron chi connectivity index (χ0n) is 13.4. The van der Waals surface area contributed by atoms with Crippen LogP contribution in [0.25, 0.3) is 0 Å². The van der Waals surface area contributed by atoms with Gasteiger partial charge in [0.25, 0.3) is 0 Å². The quantitative estimate of drug-likeness (QED) is 0.785. The monoisotopic (exact) mass is 306 g/mol. The lowest BCUT2D eigenvalue weighted by Gasteiger charge is -2.32. The van der Waals surface area contributed by atoms with Crippen LogP contribution in [0.4, 0.5) is 0 Å². The second-order valence-corrected chi connectivity index (χ2v) is 6.03. The molecule has 120 valence electrons. The van der Waals surface area contributed by atoms with Crippen LogP contribution in [0.2, 0.25) is 0 Å². The van der Waals surface area contributed by atoms with Crippen LogP contribution >= 0.6 is 12.4 Å². The van der Waals surface area contributed by atoms with E-state index in [9.17, 15) is 4.79 Å². The first-order chi connectivity index (χ1) is 9.02. The Morgan fingerprint density at radius 1 is 1.40 bits per heavy atom. The number of likely N-dealkylation sites (N-methyl/N-ethyl adjacent to an activating group) is 1. The molecule has 0 saturated carbocycles. The Balaban J connectivity index is 0.00000361. The van der Waals surface area contributed by atoms with Crippen LogP contribution in [0, 0.1) is 5.92 Å². The van der Waals surface area contributed by atoms with E-state index in [1.165, 1.54) is 6.42 Å². The van der Waals surface area contributed by atoms with Gasteiger partial charge in [-0.3, -0.25) is 4.79 Å². The minimum absolute atomic E-state index is 0. The number of hydrogen-bond donors (Lipinski definition) is 1. The molecular weight excluding hydrogens is 276 g/mol. The molecule has 1 N–H and O–H groups in total. The first kappa shape index (κ1) is 19.7. The van der Waals surface area contributed by atoms with Crippen LogP contribution in [0.1, 0.15) is 46.5 Å². The SMILES string of the molecule is CNC1CCCN(C(=O)CCOC(C)CC(C)C)C1.Cl. The highest BCUT2D eigenvalue weighted by atomic mass is 35.5. The van der Waals surface area contributed by atoms with Crippen LogP contribution in [0.15, 0.2) is 0 Å². The normalized spacial score (nSPS) is 20.6.